The largest absolute Gasteiger partial charge is 0.506 e. The molecule has 0 saturated heterocycles. The van der Waals surface area contributed by atoms with Crippen molar-refractivity contribution < 1.29 is 9.84 Å². The van der Waals surface area contributed by atoms with Gasteiger partial charge in [0.1, 0.15) is 0 Å². The summed E-state index contributed by atoms with van der Waals surface area (Å²) in [6.45, 7) is 0. The average molecular weight is 125 g/mol. The normalized spacial score (nSPS) is 24.4. The second-order valence-electron chi connectivity index (χ2n) is 1.52. The highest BCUT2D eigenvalue weighted by atomic mass is 16.5. The molecule has 0 amide bonds. The van der Waals surface area contributed by atoms with E-state index in [2.05, 4.69) is 9.85 Å². The van der Waals surface area contributed by atoms with Crippen molar-refractivity contribution in [2.45, 2.75) is 6.23 Å². The smallest absolute Gasteiger partial charge is 0.266 e. The highest BCUT2D eigenvalue weighted by Gasteiger charge is 2.12. The maximum Gasteiger partial charge on any atom is 0.266 e. The van der Waals surface area contributed by atoms with Gasteiger partial charge in [0, 0.05) is 0 Å². The lowest BCUT2D eigenvalue weighted by atomic mass is 10.3. The third-order valence-electron chi connectivity index (χ3n) is 0.911. The van der Waals surface area contributed by atoms with Crippen molar-refractivity contribution in [3.63, 3.8) is 0 Å². The summed E-state index contributed by atoms with van der Waals surface area (Å²) in [7, 11) is 0. The molecular formula is C5H5N2O2. The molecule has 0 aromatic rings. The van der Waals surface area contributed by atoms with E-state index in [1.165, 1.54) is 18.4 Å². The maximum atomic E-state index is 8.80. The first-order valence-electron chi connectivity index (χ1n) is 2.40. The van der Waals surface area contributed by atoms with Gasteiger partial charge in [-0.3, -0.25) is 0 Å². The van der Waals surface area contributed by atoms with Crippen molar-refractivity contribution >= 4 is 0 Å². The minimum atomic E-state index is -0.935. The van der Waals surface area contributed by atoms with Gasteiger partial charge in [-0.05, 0) is 17.7 Å². The Balaban J connectivity index is 2.69. The van der Waals surface area contributed by atoms with Gasteiger partial charge in [-0.25, -0.2) is 0 Å². The van der Waals surface area contributed by atoms with Crippen molar-refractivity contribution in [1.82, 2.24) is 5.53 Å². The van der Waals surface area contributed by atoms with Crippen molar-refractivity contribution in [3.8, 4) is 0 Å². The van der Waals surface area contributed by atoms with Crippen LogP contribution in [0.3, 0.4) is 0 Å². The van der Waals surface area contributed by atoms with Gasteiger partial charge in [-0.1, -0.05) is 0 Å². The maximum absolute atomic E-state index is 8.80. The van der Waals surface area contributed by atoms with E-state index in [1.54, 1.807) is 0 Å². The van der Waals surface area contributed by atoms with E-state index in [1.807, 2.05) is 0 Å². The topological polar surface area (TPSA) is 64.1 Å². The van der Waals surface area contributed by atoms with Crippen LogP contribution in [0.25, 0.3) is 0 Å². The van der Waals surface area contributed by atoms with Crippen LogP contribution in [-0.2, 0) is 4.74 Å². The van der Waals surface area contributed by atoms with E-state index < -0.39 is 6.23 Å². The third kappa shape index (κ3) is 1.07. The van der Waals surface area contributed by atoms with Crippen LogP contribution in [0.5, 0.6) is 0 Å². The summed E-state index contributed by atoms with van der Waals surface area (Å²) in [6.07, 6.45) is 3.31. The fourth-order valence-corrected chi connectivity index (χ4v) is 0.496. The summed E-state index contributed by atoms with van der Waals surface area (Å²) in [5.74, 6) is -0.0972. The lowest BCUT2D eigenvalue weighted by molar-refractivity contribution is 0.125. The van der Waals surface area contributed by atoms with Gasteiger partial charge in [-0.2, -0.15) is 0 Å². The summed E-state index contributed by atoms with van der Waals surface area (Å²) >= 11 is 0. The number of aliphatic hydroxyl groups is 1. The highest BCUT2D eigenvalue weighted by molar-refractivity contribution is 5.11. The standard InChI is InChI=1S/C5H5N2O2/c6-7-5-4(8)2-1-3-9-5/h1-3,5,8H. The monoisotopic (exact) mass is 125 g/mol. The Bertz CT molecular complexity index is 174. The number of nitrogens with zero attached hydrogens (tertiary/aromatic N) is 2. The molecule has 4 nitrogen and oxygen atoms in total. The van der Waals surface area contributed by atoms with Crippen molar-refractivity contribution in [2.75, 3.05) is 0 Å². The van der Waals surface area contributed by atoms with Crippen LogP contribution in [0.15, 0.2) is 29.3 Å². The van der Waals surface area contributed by atoms with Gasteiger partial charge in [0.15, 0.2) is 5.76 Å². The zero-order chi connectivity index (χ0) is 6.69. The van der Waals surface area contributed by atoms with E-state index in [0.717, 1.165) is 0 Å². The first kappa shape index (κ1) is 5.81. The summed E-state index contributed by atoms with van der Waals surface area (Å²) in [5, 5.41) is 11.5. The van der Waals surface area contributed by atoms with Crippen molar-refractivity contribution in [3.05, 3.63) is 24.2 Å². The molecule has 0 aromatic carbocycles. The number of allylic oxidation sites excluding steroid dienone is 2. The fraction of sp³-hybridized carbons (Fsp3) is 0.200. The Hall–Kier alpha value is -1.32. The molecule has 1 unspecified atom stereocenters. The molecule has 9 heavy (non-hydrogen) atoms. The van der Waals surface area contributed by atoms with Gasteiger partial charge in [0.05, 0.1) is 6.26 Å². The Morgan fingerprint density at radius 1 is 1.78 bits per heavy atom. The summed E-state index contributed by atoms with van der Waals surface area (Å²) in [6, 6.07) is 0. The molecule has 0 aliphatic carbocycles. The number of rotatable bonds is 1. The van der Waals surface area contributed by atoms with Gasteiger partial charge >= 0.3 is 0 Å². The van der Waals surface area contributed by atoms with Crippen molar-refractivity contribution in [1.29, 1.82) is 0 Å². The Morgan fingerprint density at radius 2 is 2.56 bits per heavy atom. The summed E-state index contributed by atoms with van der Waals surface area (Å²) in [5.41, 5.74) is 8.13. The van der Waals surface area contributed by atoms with E-state index in [4.69, 9.17) is 10.6 Å². The number of hydrogen-bond acceptors (Lipinski definition) is 3. The molecule has 1 atom stereocenters. The number of hydrogen-bond donors (Lipinski definition) is 1. The molecule has 0 spiro atoms. The molecular weight excluding hydrogens is 120 g/mol. The van der Waals surface area contributed by atoms with E-state index in [-0.39, 0.29) is 5.76 Å². The summed E-state index contributed by atoms with van der Waals surface area (Å²) in [4.78, 5) is 0. The minimum absolute atomic E-state index is 0.0972. The second-order valence-corrected chi connectivity index (χ2v) is 1.52. The average Bonchev–Trinajstić information content (AvgIpc) is 1.89. The second kappa shape index (κ2) is 2.30. The van der Waals surface area contributed by atoms with E-state index in [9.17, 15) is 0 Å². The number of ether oxygens (including phenoxy) is 1. The molecule has 4 heteroatoms. The third-order valence-corrected chi connectivity index (χ3v) is 0.911. The van der Waals surface area contributed by atoms with Crippen LogP contribution in [-0.4, -0.2) is 11.3 Å². The lowest BCUT2D eigenvalue weighted by Crippen LogP contribution is -2.11. The quantitative estimate of drug-likeness (QED) is 0.520. The van der Waals surface area contributed by atoms with Crippen LogP contribution in [0.1, 0.15) is 0 Å². The van der Waals surface area contributed by atoms with E-state index in [0.29, 0.717) is 0 Å². The van der Waals surface area contributed by atoms with Crippen LogP contribution >= 0.6 is 0 Å². The zero-order valence-corrected chi connectivity index (χ0v) is 4.56. The predicted molar refractivity (Wildman–Crippen MR) is 29.3 cm³/mol. The predicted octanol–water partition coefficient (Wildman–Crippen LogP) is 0.551. The molecule has 0 bridgehead atoms. The fourth-order valence-electron chi connectivity index (χ4n) is 0.496. The van der Waals surface area contributed by atoms with Gasteiger partial charge in [0.25, 0.3) is 6.23 Å². The zero-order valence-electron chi connectivity index (χ0n) is 4.56. The van der Waals surface area contributed by atoms with Gasteiger partial charge in [-0.15, -0.1) is 5.11 Å². The Labute approximate surface area is 52.0 Å². The molecule has 1 heterocycles. The first-order valence-corrected chi connectivity index (χ1v) is 2.40. The molecule has 0 fully saturated rings. The summed E-state index contributed by atoms with van der Waals surface area (Å²) < 4.78 is 4.62. The molecule has 0 aromatic heterocycles. The Morgan fingerprint density at radius 3 is 3.00 bits per heavy atom. The minimum Gasteiger partial charge on any atom is -0.506 e. The van der Waals surface area contributed by atoms with Crippen LogP contribution < -0.4 is 5.53 Å². The molecule has 1 rings (SSSR count). The van der Waals surface area contributed by atoms with Crippen LogP contribution in [0.4, 0.5) is 0 Å². The molecule has 1 aliphatic heterocycles. The number of aliphatic hydroxyl groups excluding tert-OH is 1. The lowest BCUT2D eigenvalue weighted by Gasteiger charge is -2.10. The molecule has 1 aliphatic rings. The van der Waals surface area contributed by atoms with Crippen molar-refractivity contribution in [2.24, 2.45) is 5.11 Å². The first-order chi connectivity index (χ1) is 4.34. The molecule has 47 valence electrons. The van der Waals surface area contributed by atoms with E-state index >= 15 is 0 Å². The molecule has 1 radical (unpaired) electrons. The Kier molecular flexibility index (Phi) is 1.48. The van der Waals surface area contributed by atoms with Crippen LogP contribution in [0, 0.1) is 0 Å². The van der Waals surface area contributed by atoms with Gasteiger partial charge < -0.3 is 9.84 Å². The molecule has 1 N–H and O–H groups in total. The van der Waals surface area contributed by atoms with Crippen LogP contribution in [0.2, 0.25) is 0 Å². The highest BCUT2D eigenvalue weighted by Crippen LogP contribution is 2.09. The SMILES string of the molecule is [N]=NC1OC=CC=C1O. The molecule has 0 saturated carbocycles. The van der Waals surface area contributed by atoms with Gasteiger partial charge in [0.2, 0.25) is 0 Å².